The molecule has 1 aromatic heterocycles. The van der Waals surface area contributed by atoms with Gasteiger partial charge in [-0.2, -0.15) is 0 Å². The second-order valence-corrected chi connectivity index (χ2v) is 11.2. The molecule has 6 nitrogen and oxygen atoms in total. The number of nitrogens with zero attached hydrogens (tertiary/aromatic N) is 2. The normalized spacial score (nSPS) is 11.2. The molecular formula is C35H51N3O3. The number of hydrogen-bond acceptors (Lipinski definition) is 3. The highest BCUT2D eigenvalue weighted by molar-refractivity contribution is 5.85. The van der Waals surface area contributed by atoms with Crippen molar-refractivity contribution in [1.29, 1.82) is 0 Å². The Morgan fingerprint density at radius 2 is 1.44 bits per heavy atom. The maximum Gasteiger partial charge on any atom is 0.242 e. The Bertz CT molecular complexity index is 1140. The van der Waals surface area contributed by atoms with Crippen molar-refractivity contribution in [1.82, 2.24) is 14.8 Å². The van der Waals surface area contributed by atoms with Crippen LogP contribution in [0.4, 0.5) is 0 Å². The van der Waals surface area contributed by atoms with Crippen LogP contribution in [-0.4, -0.2) is 59.9 Å². The minimum atomic E-state index is -0.00783. The first kappa shape index (κ1) is 32.4. The van der Waals surface area contributed by atoms with E-state index in [1.807, 2.05) is 41.4 Å². The quantitative estimate of drug-likeness (QED) is 0.137. The highest BCUT2D eigenvalue weighted by Crippen LogP contribution is 2.19. The summed E-state index contributed by atoms with van der Waals surface area (Å²) in [5, 5.41) is 1.19. The molecule has 224 valence electrons. The Kier molecular flexibility index (Phi) is 15.1. The minimum Gasteiger partial charge on any atom is -0.385 e. The molecule has 0 atom stereocenters. The van der Waals surface area contributed by atoms with Gasteiger partial charge < -0.3 is 19.5 Å². The molecule has 3 rings (SSSR count). The van der Waals surface area contributed by atoms with Crippen molar-refractivity contribution in [2.75, 3.05) is 33.4 Å². The van der Waals surface area contributed by atoms with Gasteiger partial charge in [0.25, 0.3) is 0 Å². The Balaban J connectivity index is 1.58. The van der Waals surface area contributed by atoms with Gasteiger partial charge in [0.15, 0.2) is 0 Å². The minimum absolute atomic E-state index is 0.00783. The third kappa shape index (κ3) is 11.7. The molecule has 0 aliphatic carbocycles. The topological polar surface area (TPSA) is 65.6 Å². The van der Waals surface area contributed by atoms with E-state index < -0.39 is 0 Å². The summed E-state index contributed by atoms with van der Waals surface area (Å²) in [5.41, 5.74) is 3.39. The van der Waals surface area contributed by atoms with Gasteiger partial charge in [0.1, 0.15) is 0 Å². The fraction of sp³-hybridized carbons (Fsp3) is 0.543. The summed E-state index contributed by atoms with van der Waals surface area (Å²) >= 11 is 0. The first-order valence-electron chi connectivity index (χ1n) is 15.8. The molecule has 1 N–H and O–H groups in total. The molecule has 2 amide bonds. The van der Waals surface area contributed by atoms with Crippen molar-refractivity contribution in [3.8, 4) is 0 Å². The van der Waals surface area contributed by atoms with Crippen molar-refractivity contribution in [2.45, 2.75) is 90.5 Å². The predicted octanol–water partition coefficient (Wildman–Crippen LogP) is 7.53. The summed E-state index contributed by atoms with van der Waals surface area (Å²) in [6.07, 6.45) is 15.0. The summed E-state index contributed by atoms with van der Waals surface area (Å²) in [5.74, 6) is 0.0697. The van der Waals surface area contributed by atoms with Gasteiger partial charge in [0.2, 0.25) is 11.8 Å². The van der Waals surface area contributed by atoms with E-state index in [0.717, 1.165) is 36.8 Å². The third-order valence-corrected chi connectivity index (χ3v) is 7.84. The van der Waals surface area contributed by atoms with Gasteiger partial charge in [-0.1, -0.05) is 107 Å². The number of rotatable bonds is 21. The van der Waals surface area contributed by atoms with Crippen LogP contribution in [0, 0.1) is 0 Å². The highest BCUT2D eigenvalue weighted by atomic mass is 16.5. The zero-order valence-corrected chi connectivity index (χ0v) is 25.4. The molecule has 41 heavy (non-hydrogen) atoms. The number of carbonyl (C=O) groups excluding carboxylic acids is 2. The van der Waals surface area contributed by atoms with Gasteiger partial charge in [-0.05, 0) is 36.5 Å². The Labute approximate surface area is 247 Å². The summed E-state index contributed by atoms with van der Waals surface area (Å²) in [6.45, 7) is 4.59. The number of para-hydroxylation sites is 1. The van der Waals surface area contributed by atoms with Gasteiger partial charge >= 0.3 is 0 Å². The highest BCUT2D eigenvalue weighted by Gasteiger charge is 2.21. The number of fused-ring (bicyclic) bond motifs is 1. The monoisotopic (exact) mass is 561 g/mol. The Morgan fingerprint density at radius 1 is 0.756 bits per heavy atom. The van der Waals surface area contributed by atoms with E-state index in [4.69, 9.17) is 4.74 Å². The number of aromatic nitrogens is 1. The molecule has 0 saturated heterocycles. The molecule has 0 spiro atoms. The number of H-pyrrole nitrogens is 1. The van der Waals surface area contributed by atoms with Crippen LogP contribution in [0.25, 0.3) is 10.9 Å². The van der Waals surface area contributed by atoms with Crippen LogP contribution in [0.15, 0.2) is 60.8 Å². The Hall–Kier alpha value is -3.12. The number of nitrogens with one attached hydrogen (secondary N) is 1. The van der Waals surface area contributed by atoms with Crippen molar-refractivity contribution in [3.63, 3.8) is 0 Å². The number of unbranched alkanes of at least 4 members (excludes halogenated alkanes) is 8. The molecule has 0 aliphatic heterocycles. The van der Waals surface area contributed by atoms with Gasteiger partial charge in [-0.25, -0.2) is 0 Å². The van der Waals surface area contributed by atoms with Crippen LogP contribution >= 0.6 is 0 Å². The van der Waals surface area contributed by atoms with Gasteiger partial charge in [-0.3, -0.25) is 9.59 Å². The molecule has 0 saturated carbocycles. The van der Waals surface area contributed by atoms with Crippen molar-refractivity contribution >= 4 is 22.7 Å². The van der Waals surface area contributed by atoms with Crippen LogP contribution in [0.3, 0.4) is 0 Å². The van der Waals surface area contributed by atoms with Crippen LogP contribution in [0.2, 0.25) is 0 Å². The van der Waals surface area contributed by atoms with E-state index in [9.17, 15) is 9.59 Å². The van der Waals surface area contributed by atoms with Crippen molar-refractivity contribution in [2.24, 2.45) is 0 Å². The van der Waals surface area contributed by atoms with E-state index >= 15 is 0 Å². The lowest BCUT2D eigenvalue weighted by atomic mass is 10.1. The van der Waals surface area contributed by atoms with E-state index in [0.29, 0.717) is 32.7 Å². The zero-order valence-electron chi connectivity index (χ0n) is 25.4. The maximum atomic E-state index is 13.7. The zero-order chi connectivity index (χ0) is 29.1. The standard InChI is InChI=1S/C35H51N3O3/c1-3-4-5-6-7-8-9-10-14-22-34(39)37(24-17-26-41-2)29-35(40)38(28-30-18-12-11-13-19-30)25-23-31-27-36-33-21-16-15-20-32(31)33/h11-13,15-16,18-21,27,36H,3-10,14,17,22-26,28-29H2,1-2H3. The summed E-state index contributed by atoms with van der Waals surface area (Å²) in [6, 6.07) is 18.4. The lowest BCUT2D eigenvalue weighted by Gasteiger charge is -2.28. The Morgan fingerprint density at radius 3 is 2.17 bits per heavy atom. The van der Waals surface area contributed by atoms with Crippen LogP contribution in [0.5, 0.6) is 0 Å². The summed E-state index contributed by atoms with van der Waals surface area (Å²) in [7, 11) is 1.67. The van der Waals surface area contributed by atoms with Crippen molar-refractivity contribution in [3.05, 3.63) is 71.9 Å². The van der Waals surface area contributed by atoms with Gasteiger partial charge in [-0.15, -0.1) is 0 Å². The smallest absolute Gasteiger partial charge is 0.242 e. The van der Waals surface area contributed by atoms with Crippen LogP contribution in [-0.2, 0) is 27.3 Å². The molecule has 0 bridgehead atoms. The predicted molar refractivity (Wildman–Crippen MR) is 169 cm³/mol. The largest absolute Gasteiger partial charge is 0.385 e. The molecule has 0 aliphatic rings. The molecule has 2 aromatic carbocycles. The molecular weight excluding hydrogens is 510 g/mol. The van der Waals surface area contributed by atoms with E-state index in [1.54, 1.807) is 12.0 Å². The molecule has 0 radical (unpaired) electrons. The third-order valence-electron chi connectivity index (χ3n) is 7.84. The number of aromatic amines is 1. The number of methoxy groups -OCH3 is 1. The lowest BCUT2D eigenvalue weighted by molar-refractivity contribution is -0.141. The number of hydrogen-bond donors (Lipinski definition) is 1. The fourth-order valence-electron chi connectivity index (χ4n) is 5.39. The number of ether oxygens (including phenoxy) is 1. The number of carbonyl (C=O) groups is 2. The number of amides is 2. The van der Waals surface area contributed by atoms with Gasteiger partial charge in [0, 0.05) is 56.9 Å². The lowest BCUT2D eigenvalue weighted by Crippen LogP contribution is -2.44. The number of benzene rings is 2. The van der Waals surface area contributed by atoms with Crippen LogP contribution in [0.1, 0.15) is 88.7 Å². The average molecular weight is 562 g/mol. The average Bonchev–Trinajstić information content (AvgIpc) is 3.41. The van der Waals surface area contributed by atoms with E-state index in [2.05, 4.69) is 36.2 Å². The maximum absolute atomic E-state index is 13.7. The molecule has 3 aromatic rings. The van der Waals surface area contributed by atoms with Crippen LogP contribution < -0.4 is 0 Å². The fourth-order valence-corrected chi connectivity index (χ4v) is 5.39. The second-order valence-electron chi connectivity index (χ2n) is 11.2. The van der Waals surface area contributed by atoms with Gasteiger partial charge in [0.05, 0.1) is 6.54 Å². The molecule has 1 heterocycles. The summed E-state index contributed by atoms with van der Waals surface area (Å²) < 4.78 is 5.24. The first-order chi connectivity index (χ1) is 20.1. The molecule has 0 unspecified atom stereocenters. The van der Waals surface area contributed by atoms with E-state index in [-0.39, 0.29) is 18.4 Å². The summed E-state index contributed by atoms with van der Waals surface area (Å²) in [4.78, 5) is 34.0. The molecule has 0 fully saturated rings. The molecule has 6 heteroatoms. The van der Waals surface area contributed by atoms with E-state index in [1.165, 1.54) is 55.9 Å². The second kappa shape index (κ2) is 19.1. The van der Waals surface area contributed by atoms with Crippen molar-refractivity contribution < 1.29 is 14.3 Å². The first-order valence-corrected chi connectivity index (χ1v) is 15.8. The SMILES string of the molecule is CCCCCCCCCCCC(=O)N(CCCOC)CC(=O)N(CCc1c[nH]c2ccccc12)Cc1ccccc1.